The molecule has 0 unspecified atom stereocenters. The van der Waals surface area contributed by atoms with E-state index in [0.29, 0.717) is 39.1 Å². The lowest BCUT2D eigenvalue weighted by Crippen LogP contribution is -2.46. The van der Waals surface area contributed by atoms with E-state index in [4.69, 9.17) is 4.74 Å². The molecule has 23 heavy (non-hydrogen) atoms. The van der Waals surface area contributed by atoms with E-state index < -0.39 is 0 Å². The van der Waals surface area contributed by atoms with E-state index in [-0.39, 0.29) is 18.4 Å². The Bertz CT molecular complexity index is 618. The lowest BCUT2D eigenvalue weighted by atomic mass is 10.0. The molecule has 6 heteroatoms. The van der Waals surface area contributed by atoms with Gasteiger partial charge >= 0.3 is 0 Å². The van der Waals surface area contributed by atoms with Gasteiger partial charge in [0.2, 0.25) is 11.8 Å². The number of carbonyl (C=O) groups is 2. The molecule has 2 aliphatic rings. The van der Waals surface area contributed by atoms with Crippen molar-refractivity contribution >= 4 is 17.5 Å². The van der Waals surface area contributed by atoms with E-state index in [9.17, 15) is 9.59 Å². The Hall–Kier alpha value is -2.21. The van der Waals surface area contributed by atoms with Crippen molar-refractivity contribution in [3.05, 3.63) is 35.4 Å². The normalized spacial score (nSPS) is 18.8. The van der Waals surface area contributed by atoms with Crippen molar-refractivity contribution in [2.75, 3.05) is 32.8 Å². The third kappa shape index (κ3) is 3.76. The Labute approximate surface area is 135 Å². The summed E-state index contributed by atoms with van der Waals surface area (Å²) >= 11 is 0. The van der Waals surface area contributed by atoms with Crippen molar-refractivity contribution in [3.8, 4) is 0 Å². The summed E-state index contributed by atoms with van der Waals surface area (Å²) in [6, 6.07) is 8.06. The fourth-order valence-corrected chi connectivity index (χ4v) is 2.72. The van der Waals surface area contributed by atoms with Crippen LogP contribution < -0.4 is 0 Å². The molecule has 1 aromatic rings. The molecule has 0 aliphatic carbocycles. The summed E-state index contributed by atoms with van der Waals surface area (Å²) in [7, 11) is 0. The number of carbonyl (C=O) groups excluding carboxylic acids is 2. The van der Waals surface area contributed by atoms with Crippen molar-refractivity contribution in [2.24, 2.45) is 5.10 Å². The number of benzene rings is 1. The van der Waals surface area contributed by atoms with Gasteiger partial charge in [-0.25, -0.2) is 5.01 Å². The third-order valence-electron chi connectivity index (χ3n) is 4.14. The molecule has 1 fully saturated rings. The zero-order valence-corrected chi connectivity index (χ0v) is 13.3. The first-order valence-electron chi connectivity index (χ1n) is 7.94. The average molecular weight is 315 g/mol. The SMILES string of the molecule is Cc1ccc(C2=NN(CC(=O)N3CCOCC3)C(=O)CC2)cc1. The summed E-state index contributed by atoms with van der Waals surface area (Å²) < 4.78 is 5.24. The number of aryl methyl sites for hydroxylation is 1. The minimum atomic E-state index is -0.0949. The molecule has 0 aromatic heterocycles. The molecule has 122 valence electrons. The maximum Gasteiger partial charge on any atom is 0.244 e. The first-order valence-corrected chi connectivity index (χ1v) is 7.94. The van der Waals surface area contributed by atoms with Gasteiger partial charge in [0.1, 0.15) is 6.54 Å². The maximum atomic E-state index is 12.3. The number of amides is 2. The zero-order chi connectivity index (χ0) is 16.2. The fraction of sp³-hybridized carbons (Fsp3) is 0.471. The second-order valence-corrected chi connectivity index (χ2v) is 5.86. The molecular formula is C17H21N3O3. The second kappa shape index (κ2) is 6.91. The molecule has 0 saturated carbocycles. The van der Waals surface area contributed by atoms with Gasteiger partial charge in [-0.15, -0.1) is 0 Å². The molecule has 6 nitrogen and oxygen atoms in total. The summed E-state index contributed by atoms with van der Waals surface area (Å²) in [5.41, 5.74) is 3.05. The second-order valence-electron chi connectivity index (χ2n) is 5.86. The Kier molecular flexibility index (Phi) is 4.71. The summed E-state index contributed by atoms with van der Waals surface area (Å²) in [5, 5.41) is 5.74. The van der Waals surface area contributed by atoms with Gasteiger partial charge in [0.25, 0.3) is 0 Å². The Morgan fingerprint density at radius 2 is 1.87 bits per heavy atom. The number of rotatable bonds is 3. The fourth-order valence-electron chi connectivity index (χ4n) is 2.72. The number of morpholine rings is 1. The molecule has 2 heterocycles. The Morgan fingerprint density at radius 1 is 1.17 bits per heavy atom. The number of hydrogen-bond donors (Lipinski definition) is 0. The predicted octanol–water partition coefficient (Wildman–Crippen LogP) is 1.18. The molecule has 0 spiro atoms. The quantitative estimate of drug-likeness (QED) is 0.841. The van der Waals surface area contributed by atoms with Gasteiger partial charge in [-0.1, -0.05) is 29.8 Å². The Balaban J connectivity index is 1.71. The first kappa shape index (κ1) is 15.7. The standard InChI is InChI=1S/C17H21N3O3/c1-13-2-4-14(5-3-13)15-6-7-16(21)20(18-15)12-17(22)19-8-10-23-11-9-19/h2-5H,6-12H2,1H3. The Morgan fingerprint density at radius 3 is 2.57 bits per heavy atom. The van der Waals surface area contributed by atoms with Crippen LogP contribution in [0.3, 0.4) is 0 Å². The van der Waals surface area contributed by atoms with Crippen LogP contribution in [0.15, 0.2) is 29.4 Å². The van der Waals surface area contributed by atoms with E-state index in [1.165, 1.54) is 10.6 Å². The van der Waals surface area contributed by atoms with Crippen molar-refractivity contribution in [1.82, 2.24) is 9.91 Å². The topological polar surface area (TPSA) is 62.2 Å². The van der Waals surface area contributed by atoms with Gasteiger partial charge in [-0.3, -0.25) is 9.59 Å². The van der Waals surface area contributed by atoms with Crippen LogP contribution in [0.5, 0.6) is 0 Å². The minimum Gasteiger partial charge on any atom is -0.378 e. The monoisotopic (exact) mass is 315 g/mol. The van der Waals surface area contributed by atoms with Crippen LogP contribution in [-0.4, -0.2) is 60.3 Å². The van der Waals surface area contributed by atoms with Crippen LogP contribution in [0.2, 0.25) is 0 Å². The van der Waals surface area contributed by atoms with E-state index in [1.54, 1.807) is 4.90 Å². The van der Waals surface area contributed by atoms with Crippen molar-refractivity contribution < 1.29 is 14.3 Å². The van der Waals surface area contributed by atoms with Gasteiger partial charge in [-0.05, 0) is 12.5 Å². The summed E-state index contributed by atoms with van der Waals surface area (Å²) in [5.74, 6) is -0.168. The lowest BCUT2D eigenvalue weighted by Gasteiger charge is -2.29. The average Bonchev–Trinajstić information content (AvgIpc) is 2.58. The molecule has 0 N–H and O–H groups in total. The highest BCUT2D eigenvalue weighted by atomic mass is 16.5. The van der Waals surface area contributed by atoms with Gasteiger partial charge < -0.3 is 9.64 Å². The zero-order valence-electron chi connectivity index (χ0n) is 13.3. The molecular weight excluding hydrogens is 294 g/mol. The summed E-state index contributed by atoms with van der Waals surface area (Å²) in [6.45, 7) is 4.30. The predicted molar refractivity (Wildman–Crippen MR) is 86.1 cm³/mol. The van der Waals surface area contributed by atoms with Gasteiger partial charge in [-0.2, -0.15) is 5.10 Å². The number of ether oxygens (including phenoxy) is 1. The molecule has 0 bridgehead atoms. The van der Waals surface area contributed by atoms with E-state index in [1.807, 2.05) is 31.2 Å². The first-order chi connectivity index (χ1) is 11.1. The van der Waals surface area contributed by atoms with Crippen molar-refractivity contribution in [3.63, 3.8) is 0 Å². The highest BCUT2D eigenvalue weighted by molar-refractivity contribution is 6.04. The summed E-state index contributed by atoms with van der Waals surface area (Å²) in [4.78, 5) is 26.1. The highest BCUT2D eigenvalue weighted by Gasteiger charge is 2.26. The molecule has 1 aromatic carbocycles. The molecule has 0 radical (unpaired) electrons. The van der Waals surface area contributed by atoms with Crippen LogP contribution >= 0.6 is 0 Å². The van der Waals surface area contributed by atoms with E-state index in [2.05, 4.69) is 5.10 Å². The lowest BCUT2D eigenvalue weighted by molar-refractivity contribution is -0.143. The molecule has 0 atom stereocenters. The van der Waals surface area contributed by atoms with E-state index >= 15 is 0 Å². The molecule has 2 aliphatic heterocycles. The van der Waals surface area contributed by atoms with Crippen LogP contribution in [0, 0.1) is 6.92 Å². The van der Waals surface area contributed by atoms with Crippen LogP contribution in [0.4, 0.5) is 0 Å². The maximum absolute atomic E-state index is 12.3. The van der Waals surface area contributed by atoms with Gasteiger partial charge in [0.15, 0.2) is 0 Å². The molecule has 3 rings (SSSR count). The van der Waals surface area contributed by atoms with Crippen LogP contribution in [0.25, 0.3) is 0 Å². The summed E-state index contributed by atoms with van der Waals surface area (Å²) in [6.07, 6.45) is 1.01. The largest absolute Gasteiger partial charge is 0.378 e. The van der Waals surface area contributed by atoms with Crippen LogP contribution in [0.1, 0.15) is 24.0 Å². The van der Waals surface area contributed by atoms with Crippen molar-refractivity contribution in [2.45, 2.75) is 19.8 Å². The third-order valence-corrected chi connectivity index (χ3v) is 4.14. The van der Waals surface area contributed by atoms with Crippen LogP contribution in [-0.2, 0) is 14.3 Å². The number of hydrazone groups is 1. The number of nitrogens with zero attached hydrogens (tertiary/aromatic N) is 3. The molecule has 1 saturated heterocycles. The van der Waals surface area contributed by atoms with Gasteiger partial charge in [0, 0.05) is 25.9 Å². The molecule has 2 amide bonds. The minimum absolute atomic E-state index is 0.00813. The smallest absolute Gasteiger partial charge is 0.244 e. The van der Waals surface area contributed by atoms with Crippen molar-refractivity contribution in [1.29, 1.82) is 0 Å². The number of hydrogen-bond acceptors (Lipinski definition) is 4. The van der Waals surface area contributed by atoms with Gasteiger partial charge in [0.05, 0.1) is 18.9 Å². The highest BCUT2D eigenvalue weighted by Crippen LogP contribution is 2.16. The van der Waals surface area contributed by atoms with E-state index in [0.717, 1.165) is 11.3 Å².